The number of amides is 2. The van der Waals surface area contributed by atoms with E-state index >= 15 is 0 Å². The molecule has 152 valence electrons. The highest BCUT2D eigenvalue weighted by Gasteiger charge is 2.36. The number of piperidine rings is 1. The molecule has 0 spiro atoms. The van der Waals surface area contributed by atoms with E-state index in [1.165, 1.54) is 12.8 Å². The van der Waals surface area contributed by atoms with Gasteiger partial charge in [0.25, 0.3) is 5.91 Å². The lowest BCUT2D eigenvalue weighted by Crippen LogP contribution is -2.38. The van der Waals surface area contributed by atoms with Gasteiger partial charge >= 0.3 is 0 Å². The average Bonchev–Trinajstić information content (AvgIpc) is 3.34. The molecule has 1 saturated heterocycles. The summed E-state index contributed by atoms with van der Waals surface area (Å²) in [5, 5.41) is 3.03. The molecule has 2 fully saturated rings. The van der Waals surface area contributed by atoms with Crippen molar-refractivity contribution in [3.05, 3.63) is 22.9 Å². The number of ether oxygens (including phenoxy) is 1. The summed E-state index contributed by atoms with van der Waals surface area (Å²) in [5.41, 5.74) is 2.22. The molecule has 7 heteroatoms. The number of nitrogens with one attached hydrogen (secondary N) is 1. The van der Waals surface area contributed by atoms with Crippen LogP contribution < -0.4 is 10.1 Å². The van der Waals surface area contributed by atoms with Gasteiger partial charge in [-0.1, -0.05) is 12.8 Å². The van der Waals surface area contributed by atoms with E-state index in [9.17, 15) is 9.59 Å². The molecule has 1 N–H and O–H groups in total. The highest BCUT2D eigenvalue weighted by atomic mass is 16.5. The lowest BCUT2D eigenvalue weighted by molar-refractivity contribution is -0.126. The Morgan fingerprint density at radius 3 is 2.64 bits per heavy atom. The van der Waals surface area contributed by atoms with Gasteiger partial charge in [-0.25, -0.2) is 4.98 Å². The molecule has 3 heterocycles. The maximum atomic E-state index is 12.9. The third-order valence-electron chi connectivity index (χ3n) is 6.45. The molecule has 2 aliphatic heterocycles. The van der Waals surface area contributed by atoms with Crippen molar-refractivity contribution < 1.29 is 14.3 Å². The minimum atomic E-state index is 0.0593. The van der Waals surface area contributed by atoms with Crippen molar-refractivity contribution in [3.8, 4) is 5.88 Å². The van der Waals surface area contributed by atoms with E-state index in [-0.39, 0.29) is 17.7 Å². The summed E-state index contributed by atoms with van der Waals surface area (Å²) in [7, 11) is 3.67. The molecule has 0 aromatic carbocycles. The summed E-state index contributed by atoms with van der Waals surface area (Å²) in [6.45, 7) is 2.81. The van der Waals surface area contributed by atoms with E-state index in [0.717, 1.165) is 50.0 Å². The Morgan fingerprint density at radius 2 is 1.96 bits per heavy atom. The summed E-state index contributed by atoms with van der Waals surface area (Å²) in [4.78, 5) is 34.3. The van der Waals surface area contributed by atoms with Crippen LogP contribution in [0, 0.1) is 5.92 Å². The summed E-state index contributed by atoms with van der Waals surface area (Å²) < 4.78 is 5.46. The zero-order valence-corrected chi connectivity index (χ0v) is 16.9. The predicted molar refractivity (Wildman–Crippen MR) is 105 cm³/mol. The minimum absolute atomic E-state index is 0.0593. The Balaban J connectivity index is 1.45. The quantitative estimate of drug-likeness (QED) is 0.837. The molecule has 4 rings (SSSR count). The topological polar surface area (TPSA) is 74.8 Å². The molecule has 2 amide bonds. The summed E-state index contributed by atoms with van der Waals surface area (Å²) in [6, 6.07) is 2.20. The normalized spacial score (nSPS) is 21.2. The molecule has 28 heavy (non-hydrogen) atoms. The van der Waals surface area contributed by atoms with Crippen LogP contribution in [0.15, 0.2) is 6.07 Å². The van der Waals surface area contributed by atoms with Crippen LogP contribution in [-0.4, -0.2) is 59.9 Å². The van der Waals surface area contributed by atoms with Gasteiger partial charge in [-0.3, -0.25) is 9.59 Å². The first-order valence-electron chi connectivity index (χ1n) is 10.4. The standard InChI is InChI=1S/C21H30N4O3/c1-24-9-7-14(8-10-24)19(26)22-12-15-11-17-18(23-20(15)28-2)13-25(21(17)27)16-5-3-4-6-16/h11,14,16H,3-10,12-13H2,1-2H3,(H,22,26). The maximum Gasteiger partial charge on any atom is 0.256 e. The van der Waals surface area contributed by atoms with Gasteiger partial charge in [0.15, 0.2) is 0 Å². The van der Waals surface area contributed by atoms with Crippen molar-refractivity contribution >= 4 is 11.8 Å². The Hall–Kier alpha value is -2.15. The third-order valence-corrected chi connectivity index (χ3v) is 6.45. The molecule has 1 aromatic heterocycles. The van der Waals surface area contributed by atoms with Gasteiger partial charge in [0.05, 0.1) is 24.9 Å². The molecule has 0 bridgehead atoms. The molecular formula is C21H30N4O3. The lowest BCUT2D eigenvalue weighted by atomic mass is 9.96. The van der Waals surface area contributed by atoms with Crippen molar-refractivity contribution in [2.24, 2.45) is 5.92 Å². The van der Waals surface area contributed by atoms with Crippen LogP contribution in [0.3, 0.4) is 0 Å². The Bertz CT molecular complexity index is 752. The van der Waals surface area contributed by atoms with Crippen molar-refractivity contribution in [3.63, 3.8) is 0 Å². The van der Waals surface area contributed by atoms with Gasteiger partial charge in [0.2, 0.25) is 11.8 Å². The minimum Gasteiger partial charge on any atom is -0.481 e. The van der Waals surface area contributed by atoms with E-state index < -0.39 is 0 Å². The first kappa shape index (κ1) is 19.2. The fourth-order valence-electron chi connectivity index (χ4n) is 4.68. The van der Waals surface area contributed by atoms with E-state index in [0.29, 0.717) is 30.6 Å². The molecule has 1 saturated carbocycles. The Morgan fingerprint density at radius 1 is 1.25 bits per heavy atom. The number of carbonyl (C=O) groups is 2. The number of fused-ring (bicyclic) bond motifs is 1. The molecule has 3 aliphatic rings. The van der Waals surface area contributed by atoms with Crippen LogP contribution in [-0.2, 0) is 17.9 Å². The highest BCUT2D eigenvalue weighted by Crippen LogP contribution is 2.33. The smallest absolute Gasteiger partial charge is 0.256 e. The van der Waals surface area contributed by atoms with Gasteiger partial charge in [-0.2, -0.15) is 0 Å². The fraction of sp³-hybridized carbons (Fsp3) is 0.667. The van der Waals surface area contributed by atoms with Crippen LogP contribution in [0.1, 0.15) is 60.1 Å². The first-order valence-corrected chi connectivity index (χ1v) is 10.4. The molecular weight excluding hydrogens is 356 g/mol. The first-order chi connectivity index (χ1) is 13.6. The molecule has 0 unspecified atom stereocenters. The van der Waals surface area contributed by atoms with Gasteiger partial charge < -0.3 is 19.9 Å². The molecule has 0 atom stereocenters. The number of hydrogen-bond acceptors (Lipinski definition) is 5. The fourth-order valence-corrected chi connectivity index (χ4v) is 4.68. The van der Waals surface area contributed by atoms with E-state index in [1.807, 2.05) is 11.0 Å². The lowest BCUT2D eigenvalue weighted by Gasteiger charge is -2.28. The largest absolute Gasteiger partial charge is 0.481 e. The third kappa shape index (κ3) is 3.72. The summed E-state index contributed by atoms with van der Waals surface area (Å²) in [6.07, 6.45) is 6.31. The van der Waals surface area contributed by atoms with Gasteiger partial charge in [0.1, 0.15) is 0 Å². The number of likely N-dealkylation sites (tertiary alicyclic amines) is 1. The van der Waals surface area contributed by atoms with Crippen LogP contribution in [0.25, 0.3) is 0 Å². The number of rotatable bonds is 5. The van der Waals surface area contributed by atoms with Crippen LogP contribution in [0.2, 0.25) is 0 Å². The molecule has 1 aliphatic carbocycles. The average molecular weight is 386 g/mol. The highest BCUT2D eigenvalue weighted by molar-refractivity contribution is 5.98. The van der Waals surface area contributed by atoms with E-state index in [4.69, 9.17) is 4.74 Å². The second-order valence-corrected chi connectivity index (χ2v) is 8.32. The molecule has 7 nitrogen and oxygen atoms in total. The number of pyridine rings is 1. The van der Waals surface area contributed by atoms with Crippen molar-refractivity contribution in [2.75, 3.05) is 27.2 Å². The van der Waals surface area contributed by atoms with E-state index in [2.05, 4.69) is 22.2 Å². The zero-order valence-electron chi connectivity index (χ0n) is 16.9. The Kier molecular flexibility index (Phi) is 5.53. The van der Waals surface area contributed by atoms with Crippen molar-refractivity contribution in [1.29, 1.82) is 0 Å². The van der Waals surface area contributed by atoms with Crippen molar-refractivity contribution in [2.45, 2.75) is 57.7 Å². The molecule has 0 radical (unpaired) electrons. The monoisotopic (exact) mass is 386 g/mol. The SMILES string of the molecule is COc1nc2c(cc1CNC(=O)C1CCN(C)CC1)C(=O)N(C1CCCC1)C2. The zero-order chi connectivity index (χ0) is 19.7. The second-order valence-electron chi connectivity index (χ2n) is 8.32. The number of aromatic nitrogens is 1. The van der Waals surface area contributed by atoms with Gasteiger partial charge in [0, 0.05) is 24.1 Å². The summed E-state index contributed by atoms with van der Waals surface area (Å²) >= 11 is 0. The van der Waals surface area contributed by atoms with Gasteiger partial charge in [-0.15, -0.1) is 0 Å². The van der Waals surface area contributed by atoms with Gasteiger partial charge in [-0.05, 0) is 51.9 Å². The van der Waals surface area contributed by atoms with Crippen LogP contribution in [0.5, 0.6) is 5.88 Å². The van der Waals surface area contributed by atoms with E-state index in [1.54, 1.807) is 7.11 Å². The number of hydrogen-bond donors (Lipinski definition) is 1. The summed E-state index contributed by atoms with van der Waals surface area (Å²) in [5.74, 6) is 0.710. The number of methoxy groups -OCH3 is 1. The Labute approximate surface area is 166 Å². The van der Waals surface area contributed by atoms with Crippen molar-refractivity contribution in [1.82, 2.24) is 20.1 Å². The number of carbonyl (C=O) groups excluding carboxylic acids is 2. The number of nitrogens with zero attached hydrogens (tertiary/aromatic N) is 3. The molecule has 1 aromatic rings. The maximum absolute atomic E-state index is 12.9. The second kappa shape index (κ2) is 8.07. The van der Waals surface area contributed by atoms with Crippen LogP contribution >= 0.6 is 0 Å². The predicted octanol–water partition coefficient (Wildman–Crippen LogP) is 1.95. The van der Waals surface area contributed by atoms with Crippen LogP contribution in [0.4, 0.5) is 0 Å².